The molecular formula is C10H12N2O4. The maximum absolute atomic E-state index is 10.8. The highest BCUT2D eigenvalue weighted by Crippen LogP contribution is 2.27. The minimum absolute atomic E-state index is 0.0990. The summed E-state index contributed by atoms with van der Waals surface area (Å²) in [6.07, 6.45) is 0. The van der Waals surface area contributed by atoms with Gasteiger partial charge in [-0.1, -0.05) is 12.1 Å². The van der Waals surface area contributed by atoms with Gasteiger partial charge in [-0.3, -0.25) is 10.1 Å². The number of likely N-dealkylation sites (N-methyl/N-ethyl adjacent to an activating group) is 1. The Balaban J connectivity index is 3.12. The molecule has 0 aliphatic carbocycles. The number of nitro benzene ring substituents is 1. The molecule has 0 aliphatic rings. The molecule has 16 heavy (non-hydrogen) atoms. The van der Waals surface area contributed by atoms with Crippen molar-refractivity contribution in [3.05, 3.63) is 34.4 Å². The van der Waals surface area contributed by atoms with E-state index in [2.05, 4.69) is 0 Å². The fourth-order valence-corrected chi connectivity index (χ4v) is 1.29. The summed E-state index contributed by atoms with van der Waals surface area (Å²) in [6.45, 7) is 1.47. The number of nitrogens with zero attached hydrogens (tertiary/aromatic N) is 2. The van der Waals surface area contributed by atoms with Gasteiger partial charge in [-0.25, -0.2) is 4.79 Å². The Morgan fingerprint density at radius 1 is 1.50 bits per heavy atom. The maximum Gasteiger partial charge on any atom is 0.326 e. The number of carboxylic acid groups (broad SMARTS) is 1. The number of hydrogen-bond donors (Lipinski definition) is 1. The molecule has 0 bridgehead atoms. The first kappa shape index (κ1) is 12.0. The Bertz CT molecular complexity index is 419. The zero-order valence-corrected chi connectivity index (χ0v) is 8.95. The van der Waals surface area contributed by atoms with Crippen molar-refractivity contribution in [1.82, 2.24) is 0 Å². The third-order valence-electron chi connectivity index (χ3n) is 2.40. The Hall–Kier alpha value is -2.11. The quantitative estimate of drug-likeness (QED) is 0.619. The van der Waals surface area contributed by atoms with Crippen molar-refractivity contribution in [3.8, 4) is 0 Å². The van der Waals surface area contributed by atoms with E-state index in [-0.39, 0.29) is 5.69 Å². The van der Waals surface area contributed by atoms with E-state index in [1.54, 1.807) is 12.1 Å². The molecule has 0 aliphatic heterocycles. The molecule has 0 heterocycles. The van der Waals surface area contributed by atoms with Crippen molar-refractivity contribution in [1.29, 1.82) is 0 Å². The summed E-state index contributed by atoms with van der Waals surface area (Å²) < 4.78 is 0. The average Bonchev–Trinajstić information content (AvgIpc) is 2.26. The third kappa shape index (κ3) is 2.28. The number of anilines is 1. The van der Waals surface area contributed by atoms with Crippen molar-refractivity contribution in [2.45, 2.75) is 13.0 Å². The molecule has 1 N–H and O–H groups in total. The number of carboxylic acids is 1. The van der Waals surface area contributed by atoms with Crippen molar-refractivity contribution < 1.29 is 14.8 Å². The van der Waals surface area contributed by atoms with Gasteiger partial charge in [0, 0.05) is 13.1 Å². The Labute approximate surface area is 92.3 Å². The molecule has 0 aromatic heterocycles. The number of rotatable bonds is 4. The lowest BCUT2D eigenvalue weighted by atomic mass is 10.2. The zero-order valence-electron chi connectivity index (χ0n) is 8.95. The van der Waals surface area contributed by atoms with Crippen molar-refractivity contribution in [2.75, 3.05) is 11.9 Å². The normalized spacial score (nSPS) is 11.9. The van der Waals surface area contributed by atoms with Crippen LogP contribution in [0.25, 0.3) is 0 Å². The molecule has 86 valence electrons. The average molecular weight is 224 g/mol. The number of benzene rings is 1. The van der Waals surface area contributed by atoms with Crippen LogP contribution in [0.15, 0.2) is 24.3 Å². The van der Waals surface area contributed by atoms with Gasteiger partial charge in [0.2, 0.25) is 0 Å². The molecular weight excluding hydrogens is 212 g/mol. The highest BCUT2D eigenvalue weighted by atomic mass is 16.6. The van der Waals surface area contributed by atoms with Crippen LogP contribution in [0, 0.1) is 10.1 Å². The molecule has 1 aromatic carbocycles. The van der Waals surface area contributed by atoms with Crippen LogP contribution in [0.2, 0.25) is 0 Å². The monoisotopic (exact) mass is 224 g/mol. The predicted molar refractivity (Wildman–Crippen MR) is 58.6 cm³/mol. The van der Waals surface area contributed by atoms with E-state index >= 15 is 0 Å². The Morgan fingerprint density at radius 3 is 2.56 bits per heavy atom. The standard InChI is InChI=1S/C10H12N2O4/c1-7(10(13)14)11(2)8-5-3-4-6-9(8)12(15)16/h3-7H,1-2H3,(H,13,14). The third-order valence-corrected chi connectivity index (χ3v) is 2.40. The van der Waals surface area contributed by atoms with E-state index in [4.69, 9.17) is 5.11 Å². The highest BCUT2D eigenvalue weighted by molar-refractivity contribution is 5.79. The fourth-order valence-electron chi connectivity index (χ4n) is 1.29. The molecule has 6 heteroatoms. The second-order valence-corrected chi connectivity index (χ2v) is 3.37. The summed E-state index contributed by atoms with van der Waals surface area (Å²) in [4.78, 5) is 22.4. The summed E-state index contributed by atoms with van der Waals surface area (Å²) >= 11 is 0. The van der Waals surface area contributed by atoms with Crippen LogP contribution >= 0.6 is 0 Å². The molecule has 1 unspecified atom stereocenters. The molecule has 0 radical (unpaired) electrons. The second-order valence-electron chi connectivity index (χ2n) is 3.37. The van der Waals surface area contributed by atoms with Crippen LogP contribution in [0.4, 0.5) is 11.4 Å². The number of hydrogen-bond acceptors (Lipinski definition) is 4. The maximum atomic E-state index is 10.8. The SMILES string of the molecule is CC(C(=O)O)N(C)c1ccccc1[N+](=O)[O-]. The molecule has 6 nitrogen and oxygen atoms in total. The Morgan fingerprint density at radius 2 is 2.06 bits per heavy atom. The lowest BCUT2D eigenvalue weighted by Gasteiger charge is -2.23. The van der Waals surface area contributed by atoms with E-state index in [9.17, 15) is 14.9 Å². The van der Waals surface area contributed by atoms with E-state index in [1.807, 2.05) is 0 Å². The van der Waals surface area contributed by atoms with Gasteiger partial charge in [-0.2, -0.15) is 0 Å². The molecule has 1 rings (SSSR count). The molecule has 0 amide bonds. The van der Waals surface area contributed by atoms with Crippen molar-refractivity contribution in [2.24, 2.45) is 0 Å². The highest BCUT2D eigenvalue weighted by Gasteiger charge is 2.23. The number of carbonyl (C=O) groups is 1. The van der Waals surface area contributed by atoms with Gasteiger partial charge < -0.3 is 10.0 Å². The second kappa shape index (κ2) is 4.61. The first-order valence-corrected chi connectivity index (χ1v) is 4.64. The smallest absolute Gasteiger partial charge is 0.326 e. The zero-order chi connectivity index (χ0) is 12.3. The van der Waals surface area contributed by atoms with Gasteiger partial charge in [-0.05, 0) is 13.0 Å². The summed E-state index contributed by atoms with van der Waals surface area (Å²) in [5.41, 5.74) is 0.195. The number of para-hydroxylation sites is 2. The van der Waals surface area contributed by atoms with Gasteiger partial charge in [0.05, 0.1) is 4.92 Å². The van der Waals surface area contributed by atoms with Gasteiger partial charge in [0.1, 0.15) is 11.7 Å². The van der Waals surface area contributed by atoms with Gasteiger partial charge in [0.25, 0.3) is 5.69 Å². The first-order chi connectivity index (χ1) is 7.45. The molecule has 0 saturated carbocycles. The predicted octanol–water partition coefficient (Wildman–Crippen LogP) is 1.50. The van der Waals surface area contributed by atoms with E-state index < -0.39 is 16.9 Å². The van der Waals surface area contributed by atoms with Crippen LogP contribution in [-0.4, -0.2) is 29.1 Å². The summed E-state index contributed by atoms with van der Waals surface area (Å²) in [5.74, 6) is -1.03. The summed E-state index contributed by atoms with van der Waals surface area (Å²) in [5, 5.41) is 19.6. The van der Waals surface area contributed by atoms with E-state index in [1.165, 1.54) is 31.0 Å². The summed E-state index contributed by atoms with van der Waals surface area (Å²) in [7, 11) is 1.52. The minimum Gasteiger partial charge on any atom is -0.480 e. The molecule has 1 atom stereocenters. The van der Waals surface area contributed by atoms with Crippen LogP contribution in [0.3, 0.4) is 0 Å². The van der Waals surface area contributed by atoms with Gasteiger partial charge >= 0.3 is 5.97 Å². The van der Waals surface area contributed by atoms with Crippen LogP contribution in [0.5, 0.6) is 0 Å². The van der Waals surface area contributed by atoms with Gasteiger partial charge in [-0.15, -0.1) is 0 Å². The van der Waals surface area contributed by atoms with Crippen LogP contribution < -0.4 is 4.90 Å². The first-order valence-electron chi connectivity index (χ1n) is 4.64. The molecule has 0 fully saturated rings. The van der Waals surface area contributed by atoms with E-state index in [0.717, 1.165) is 0 Å². The lowest BCUT2D eigenvalue weighted by Crippen LogP contribution is -2.36. The van der Waals surface area contributed by atoms with Crippen molar-refractivity contribution in [3.63, 3.8) is 0 Å². The number of aliphatic carboxylic acids is 1. The minimum atomic E-state index is -1.03. The number of nitro groups is 1. The summed E-state index contributed by atoms with van der Waals surface area (Å²) in [6, 6.07) is 5.23. The fraction of sp³-hybridized carbons (Fsp3) is 0.300. The molecule has 0 spiro atoms. The molecule has 1 aromatic rings. The Kier molecular flexibility index (Phi) is 3.44. The van der Waals surface area contributed by atoms with Gasteiger partial charge in [0.15, 0.2) is 0 Å². The van der Waals surface area contributed by atoms with E-state index in [0.29, 0.717) is 5.69 Å². The molecule has 0 saturated heterocycles. The topological polar surface area (TPSA) is 83.7 Å². The van der Waals surface area contributed by atoms with Crippen LogP contribution in [0.1, 0.15) is 6.92 Å². The van der Waals surface area contributed by atoms with Crippen LogP contribution in [-0.2, 0) is 4.79 Å². The van der Waals surface area contributed by atoms with Crippen molar-refractivity contribution >= 4 is 17.3 Å². The lowest BCUT2D eigenvalue weighted by molar-refractivity contribution is -0.384. The largest absolute Gasteiger partial charge is 0.480 e.